The van der Waals surface area contributed by atoms with Gasteiger partial charge in [-0.25, -0.2) is 0 Å². The third kappa shape index (κ3) is 14.1. The Bertz CT molecular complexity index is 8210. The van der Waals surface area contributed by atoms with Crippen LogP contribution in [0.2, 0.25) is 0 Å². The summed E-state index contributed by atoms with van der Waals surface area (Å²) in [5.74, 6) is 0. The molecular formula is C124H82N2. The van der Waals surface area contributed by atoms with Crippen molar-refractivity contribution in [2.45, 2.75) is 0 Å². The minimum absolute atomic E-state index is 1.13. The molecule has 126 heavy (non-hydrogen) atoms. The highest BCUT2D eigenvalue weighted by atomic mass is 15.0. The SMILES string of the molecule is c1ccc(-c2ccc(-c3ccc(-c4ccc5c(c4)c(-c4ccc(-c6ccc(-c7ccccc7)cc6)cc4)cn5-c4ccc(-c5ccc6ccccc6c5)cc4)cc3)cc2)cc1.c1ccc2cc(-c3ccc(-n4cc(-c5ccc(-c6cc7ccccc7c7ccccc67)cc5)c5cc(-c6ccc(-c7cc8ccccc8c8ccccc78)cc6)ccc54)cc3)ccc2c1. The van der Waals surface area contributed by atoms with Crippen LogP contribution in [0.25, 0.3) is 231 Å². The van der Waals surface area contributed by atoms with E-state index in [1.165, 1.54) is 220 Å². The number of hydrogen-bond acceptors (Lipinski definition) is 0. The van der Waals surface area contributed by atoms with Crippen LogP contribution in [0.1, 0.15) is 0 Å². The molecule has 2 aromatic heterocycles. The summed E-state index contributed by atoms with van der Waals surface area (Å²) in [5.41, 5.74) is 33.7. The van der Waals surface area contributed by atoms with E-state index in [0.717, 1.165) is 11.4 Å². The van der Waals surface area contributed by atoms with Crippen LogP contribution in [-0.4, -0.2) is 9.13 Å². The summed E-state index contributed by atoms with van der Waals surface area (Å²) >= 11 is 0. The van der Waals surface area contributed by atoms with Crippen molar-refractivity contribution in [1.29, 1.82) is 0 Å². The van der Waals surface area contributed by atoms with E-state index in [0.29, 0.717) is 0 Å². The van der Waals surface area contributed by atoms with Gasteiger partial charge in [0.1, 0.15) is 0 Å². The van der Waals surface area contributed by atoms with Crippen LogP contribution in [0.3, 0.4) is 0 Å². The van der Waals surface area contributed by atoms with Gasteiger partial charge in [0, 0.05) is 45.7 Å². The summed E-state index contributed by atoms with van der Waals surface area (Å²) in [6, 6.07) is 177. The second-order valence-corrected chi connectivity index (χ2v) is 33.1. The Hall–Kier alpha value is -16.5. The predicted molar refractivity (Wildman–Crippen MR) is 537 cm³/mol. The fraction of sp³-hybridized carbons (Fsp3) is 0. The molecule has 0 saturated heterocycles. The van der Waals surface area contributed by atoms with Crippen LogP contribution in [0, 0.1) is 0 Å². The average molecular weight is 1600 g/mol. The fourth-order valence-electron chi connectivity index (χ4n) is 19.0. The van der Waals surface area contributed by atoms with E-state index in [9.17, 15) is 0 Å². The van der Waals surface area contributed by atoms with Crippen molar-refractivity contribution in [3.05, 3.63) is 498 Å². The standard InChI is InChI=1S/C64H41N.C60H41N/c1-2-12-48-37-49(30-23-42(48)11-1)44-31-34-53(35-32-44)65-41-63(47-28-26-46(27-29-47)61-40-52-14-4-6-16-55(52)57-18-8-10-20-59(57)61)62-38-50(33-36-64(62)65)43-21-24-45(25-22-43)60-39-51-13-3-5-15-54(51)56-17-7-9-19-58(56)60;1-3-9-42(10-4-1)45-15-19-47(20-16-45)49-23-25-51(26-24-49)56-35-38-60-58(40-56)59(53-30-27-50(28-31-53)48-21-17-46(18-22-48)43-11-5-2-6-12-43)41-61(60)57-36-33-52(34-37-57)55-32-29-44-13-7-8-14-54(44)39-55/h1-41H;1-41H. The first-order valence-electron chi connectivity index (χ1n) is 43.5. The first-order valence-corrected chi connectivity index (χ1v) is 43.5. The van der Waals surface area contributed by atoms with Gasteiger partial charge in [0.05, 0.1) is 11.0 Å². The minimum atomic E-state index is 1.13. The molecule has 0 aliphatic carbocycles. The summed E-state index contributed by atoms with van der Waals surface area (Å²) < 4.78 is 4.70. The highest BCUT2D eigenvalue weighted by Crippen LogP contribution is 2.44. The molecule has 24 aromatic rings. The van der Waals surface area contributed by atoms with Crippen LogP contribution in [0.4, 0.5) is 0 Å². The first kappa shape index (κ1) is 74.5. The Kier molecular flexibility index (Phi) is 19.0. The van der Waals surface area contributed by atoms with Crippen LogP contribution in [0.15, 0.2) is 498 Å². The average Bonchev–Trinajstić information content (AvgIpc) is 1.58. The number of benzene rings is 22. The third-order valence-corrected chi connectivity index (χ3v) is 25.7. The summed E-state index contributed by atoms with van der Waals surface area (Å²) in [5, 5.41) is 17.7. The van der Waals surface area contributed by atoms with Gasteiger partial charge in [-0.3, -0.25) is 0 Å². The highest BCUT2D eigenvalue weighted by Gasteiger charge is 2.20. The molecule has 2 heteroatoms. The summed E-state index contributed by atoms with van der Waals surface area (Å²) in [7, 11) is 0. The molecule has 22 aromatic carbocycles. The Morgan fingerprint density at radius 2 is 0.333 bits per heavy atom. The lowest BCUT2D eigenvalue weighted by atomic mass is 9.92. The molecular weight excluding hydrogens is 1520 g/mol. The maximum Gasteiger partial charge on any atom is 0.0535 e. The van der Waals surface area contributed by atoms with E-state index >= 15 is 0 Å². The number of rotatable bonds is 14. The monoisotopic (exact) mass is 1600 g/mol. The molecule has 0 aliphatic rings. The van der Waals surface area contributed by atoms with Gasteiger partial charge in [-0.1, -0.05) is 413 Å². The number of aromatic nitrogens is 2. The van der Waals surface area contributed by atoms with Gasteiger partial charge in [-0.2, -0.15) is 0 Å². The lowest BCUT2D eigenvalue weighted by molar-refractivity contribution is 1.13. The molecule has 2 heterocycles. The third-order valence-electron chi connectivity index (χ3n) is 25.7. The fourth-order valence-corrected chi connectivity index (χ4v) is 19.0. The number of nitrogens with zero attached hydrogens (tertiary/aromatic N) is 2. The van der Waals surface area contributed by atoms with Crippen molar-refractivity contribution >= 4 is 86.4 Å². The van der Waals surface area contributed by atoms with Gasteiger partial charge in [0.2, 0.25) is 0 Å². The summed E-state index contributed by atoms with van der Waals surface area (Å²) in [6.45, 7) is 0. The first-order chi connectivity index (χ1) is 62.4. The molecule has 0 bridgehead atoms. The van der Waals surface area contributed by atoms with E-state index in [1.54, 1.807) is 0 Å². The van der Waals surface area contributed by atoms with Gasteiger partial charge < -0.3 is 9.13 Å². The zero-order valence-electron chi connectivity index (χ0n) is 69.2. The van der Waals surface area contributed by atoms with E-state index in [2.05, 4.69) is 507 Å². The smallest absolute Gasteiger partial charge is 0.0535 e. The van der Waals surface area contributed by atoms with Gasteiger partial charge in [0.15, 0.2) is 0 Å². The zero-order valence-corrected chi connectivity index (χ0v) is 69.2. The Balaban J connectivity index is 0.000000145. The normalized spacial score (nSPS) is 11.5. The minimum Gasteiger partial charge on any atom is -0.316 e. The number of hydrogen-bond donors (Lipinski definition) is 0. The largest absolute Gasteiger partial charge is 0.316 e. The van der Waals surface area contributed by atoms with E-state index in [-0.39, 0.29) is 0 Å². The lowest BCUT2D eigenvalue weighted by Gasteiger charge is -2.12. The maximum absolute atomic E-state index is 2.38. The van der Waals surface area contributed by atoms with Gasteiger partial charge in [-0.15, -0.1) is 0 Å². The van der Waals surface area contributed by atoms with Crippen molar-refractivity contribution in [2.75, 3.05) is 0 Å². The van der Waals surface area contributed by atoms with Gasteiger partial charge in [-0.05, 0) is 260 Å². The topological polar surface area (TPSA) is 9.86 Å². The van der Waals surface area contributed by atoms with Crippen molar-refractivity contribution in [3.8, 4) is 145 Å². The molecule has 0 fully saturated rings. The van der Waals surface area contributed by atoms with Crippen LogP contribution in [-0.2, 0) is 0 Å². The molecule has 0 saturated carbocycles. The molecule has 0 spiro atoms. The van der Waals surface area contributed by atoms with Crippen LogP contribution >= 0.6 is 0 Å². The maximum atomic E-state index is 2.38. The van der Waals surface area contributed by atoms with E-state index in [1.807, 2.05) is 0 Å². The van der Waals surface area contributed by atoms with Crippen molar-refractivity contribution in [2.24, 2.45) is 0 Å². The predicted octanol–water partition coefficient (Wildman–Crippen LogP) is 34.2. The molecule has 588 valence electrons. The summed E-state index contributed by atoms with van der Waals surface area (Å²) in [6.07, 6.45) is 4.64. The molecule has 0 unspecified atom stereocenters. The van der Waals surface area contributed by atoms with Gasteiger partial charge >= 0.3 is 0 Å². The van der Waals surface area contributed by atoms with Crippen molar-refractivity contribution in [1.82, 2.24) is 9.13 Å². The van der Waals surface area contributed by atoms with Gasteiger partial charge in [0.25, 0.3) is 0 Å². The van der Waals surface area contributed by atoms with Crippen LogP contribution < -0.4 is 0 Å². The Labute approximate surface area is 733 Å². The second kappa shape index (κ2) is 32.1. The Morgan fingerprint density at radius 1 is 0.111 bits per heavy atom. The molecule has 0 radical (unpaired) electrons. The molecule has 0 atom stereocenters. The van der Waals surface area contributed by atoms with E-state index < -0.39 is 0 Å². The van der Waals surface area contributed by atoms with E-state index in [4.69, 9.17) is 0 Å². The second-order valence-electron chi connectivity index (χ2n) is 33.1. The summed E-state index contributed by atoms with van der Waals surface area (Å²) in [4.78, 5) is 0. The molecule has 0 aliphatic heterocycles. The lowest BCUT2D eigenvalue weighted by Crippen LogP contribution is -1.92. The molecule has 24 rings (SSSR count). The Morgan fingerprint density at radius 3 is 0.667 bits per heavy atom. The molecule has 0 N–H and O–H groups in total. The quantitative estimate of drug-likeness (QED) is 0.0961. The molecule has 2 nitrogen and oxygen atoms in total. The van der Waals surface area contributed by atoms with Crippen molar-refractivity contribution < 1.29 is 0 Å². The van der Waals surface area contributed by atoms with Crippen LogP contribution in [0.5, 0.6) is 0 Å². The van der Waals surface area contributed by atoms with Crippen molar-refractivity contribution in [3.63, 3.8) is 0 Å². The molecule has 0 amide bonds. The highest BCUT2D eigenvalue weighted by molar-refractivity contribution is 6.16. The zero-order chi connectivity index (χ0) is 83.4. The number of fused-ring (bicyclic) bond motifs is 10.